The Balaban J connectivity index is 0.000000236. The fourth-order valence-corrected chi connectivity index (χ4v) is 0.446. The first-order valence-electron chi connectivity index (χ1n) is 3.36. The van der Waals surface area contributed by atoms with Crippen molar-refractivity contribution >= 4 is 11.6 Å². The highest BCUT2D eigenvalue weighted by Gasteiger charge is 1.75. The monoisotopic (exact) mass is 157 g/mol. The summed E-state index contributed by atoms with van der Waals surface area (Å²) in [6, 6.07) is 3.48. The second-order valence-electron chi connectivity index (χ2n) is 1.87. The second-order valence-corrected chi connectivity index (χ2v) is 2.31. The quantitative estimate of drug-likeness (QED) is 0.564. The molecule has 1 heterocycles. The van der Waals surface area contributed by atoms with Gasteiger partial charge in [-0.3, -0.25) is 4.98 Å². The van der Waals surface area contributed by atoms with Gasteiger partial charge in [0.2, 0.25) is 0 Å². The number of nitrogens with zero attached hydrogens (tertiary/aromatic N) is 1. The van der Waals surface area contributed by atoms with Crippen molar-refractivity contribution in [1.82, 2.24) is 4.98 Å². The van der Waals surface area contributed by atoms with Gasteiger partial charge in [0.05, 0.1) is 0 Å². The van der Waals surface area contributed by atoms with Crippen molar-refractivity contribution in [3.05, 3.63) is 29.5 Å². The van der Waals surface area contributed by atoms with Gasteiger partial charge in [-0.25, -0.2) is 0 Å². The smallest absolute Gasteiger partial charge is 0.0436 e. The lowest BCUT2D eigenvalue weighted by molar-refractivity contribution is 1.09. The van der Waals surface area contributed by atoms with E-state index in [9.17, 15) is 0 Å². The van der Waals surface area contributed by atoms with Crippen molar-refractivity contribution < 1.29 is 0 Å². The third kappa shape index (κ3) is 5.57. The first-order valence-corrected chi connectivity index (χ1v) is 3.74. The molecule has 0 unspecified atom stereocenters. The predicted octanol–water partition coefficient (Wildman–Crippen LogP) is 3.15. The van der Waals surface area contributed by atoms with E-state index < -0.39 is 0 Å². The Labute approximate surface area is 67.1 Å². The topological polar surface area (TPSA) is 12.9 Å². The molecule has 0 spiro atoms. The van der Waals surface area contributed by atoms with Crippen molar-refractivity contribution in [1.29, 1.82) is 0 Å². The van der Waals surface area contributed by atoms with Gasteiger partial charge in [-0.2, -0.15) is 0 Å². The summed E-state index contributed by atoms with van der Waals surface area (Å²) in [5.74, 6) is 0. The van der Waals surface area contributed by atoms with Crippen LogP contribution in [0.2, 0.25) is 5.02 Å². The molecule has 56 valence electrons. The number of pyridine rings is 1. The zero-order valence-corrected chi connectivity index (χ0v) is 7.10. The van der Waals surface area contributed by atoms with Gasteiger partial charge >= 0.3 is 0 Å². The summed E-state index contributed by atoms with van der Waals surface area (Å²) in [5, 5.41) is 0.731. The van der Waals surface area contributed by atoms with Crippen LogP contribution in [0.5, 0.6) is 0 Å². The molecule has 0 saturated heterocycles. The van der Waals surface area contributed by atoms with Crippen LogP contribution in [0, 0.1) is 0 Å². The summed E-state index contributed by atoms with van der Waals surface area (Å²) in [7, 11) is 0. The standard InChI is InChI=1S/C5H4ClN.C3H8/c6-5-1-3-7-4-2-5;1-3-2/h1-4H;3H2,1-2H3. The molecule has 1 nitrogen and oxygen atoms in total. The Morgan fingerprint density at radius 3 is 1.90 bits per heavy atom. The average molecular weight is 158 g/mol. The molecule has 0 fully saturated rings. The van der Waals surface area contributed by atoms with E-state index in [0.717, 1.165) is 5.02 Å². The molecule has 0 amide bonds. The molecule has 2 heteroatoms. The molecule has 0 saturated carbocycles. The minimum Gasteiger partial charge on any atom is -0.265 e. The Morgan fingerprint density at radius 1 is 1.30 bits per heavy atom. The number of aromatic nitrogens is 1. The molecule has 0 aliphatic heterocycles. The predicted molar refractivity (Wildman–Crippen MR) is 45.2 cm³/mol. The molecule has 0 aliphatic rings. The molecule has 0 radical (unpaired) electrons. The average Bonchev–Trinajstić information content (AvgIpc) is 1.91. The highest BCUT2D eigenvalue weighted by atomic mass is 35.5. The van der Waals surface area contributed by atoms with E-state index in [0.29, 0.717) is 0 Å². The summed E-state index contributed by atoms with van der Waals surface area (Å²) >= 11 is 5.50. The maximum Gasteiger partial charge on any atom is 0.0436 e. The lowest BCUT2D eigenvalue weighted by atomic mass is 10.5. The van der Waals surface area contributed by atoms with Crippen molar-refractivity contribution in [2.24, 2.45) is 0 Å². The van der Waals surface area contributed by atoms with Crippen molar-refractivity contribution in [3.63, 3.8) is 0 Å². The Kier molecular flexibility index (Phi) is 6.19. The molecule has 1 aromatic rings. The lowest BCUT2D eigenvalue weighted by Gasteiger charge is -1.79. The molecule has 10 heavy (non-hydrogen) atoms. The van der Waals surface area contributed by atoms with E-state index in [1.54, 1.807) is 24.5 Å². The number of rotatable bonds is 0. The Bertz CT molecular complexity index is 151. The van der Waals surface area contributed by atoms with Crippen LogP contribution in [-0.4, -0.2) is 4.98 Å². The van der Waals surface area contributed by atoms with Gasteiger partial charge in [-0.1, -0.05) is 31.9 Å². The summed E-state index contributed by atoms with van der Waals surface area (Å²) in [5.41, 5.74) is 0. The van der Waals surface area contributed by atoms with E-state index >= 15 is 0 Å². The fraction of sp³-hybridized carbons (Fsp3) is 0.375. The SMILES string of the molecule is CCC.Clc1ccncc1. The van der Waals surface area contributed by atoms with Gasteiger partial charge in [0.25, 0.3) is 0 Å². The van der Waals surface area contributed by atoms with Gasteiger partial charge in [0.15, 0.2) is 0 Å². The summed E-state index contributed by atoms with van der Waals surface area (Å²) < 4.78 is 0. The molecule has 1 rings (SSSR count). The van der Waals surface area contributed by atoms with E-state index in [1.165, 1.54) is 6.42 Å². The Hall–Kier alpha value is -0.560. The summed E-state index contributed by atoms with van der Waals surface area (Å²) in [6.45, 7) is 4.25. The zero-order valence-electron chi connectivity index (χ0n) is 6.34. The first kappa shape index (κ1) is 9.44. The van der Waals surface area contributed by atoms with Gasteiger partial charge in [0.1, 0.15) is 0 Å². The largest absolute Gasteiger partial charge is 0.265 e. The van der Waals surface area contributed by atoms with Gasteiger partial charge in [0, 0.05) is 17.4 Å². The molecule has 0 aromatic carbocycles. The molecule has 0 aliphatic carbocycles. The van der Waals surface area contributed by atoms with Gasteiger partial charge < -0.3 is 0 Å². The Morgan fingerprint density at radius 2 is 1.70 bits per heavy atom. The number of halogens is 1. The van der Waals surface area contributed by atoms with E-state index in [2.05, 4.69) is 18.8 Å². The zero-order chi connectivity index (χ0) is 7.82. The molecule has 0 atom stereocenters. The van der Waals surface area contributed by atoms with E-state index in [1.807, 2.05) is 0 Å². The molecule has 0 bridgehead atoms. The third-order valence-electron chi connectivity index (χ3n) is 0.640. The number of hydrogen-bond donors (Lipinski definition) is 0. The van der Waals surface area contributed by atoms with Crippen LogP contribution >= 0.6 is 11.6 Å². The second kappa shape index (κ2) is 6.56. The van der Waals surface area contributed by atoms with Crippen molar-refractivity contribution in [2.75, 3.05) is 0 Å². The lowest BCUT2D eigenvalue weighted by Crippen LogP contribution is -1.63. The summed E-state index contributed by atoms with van der Waals surface area (Å²) in [6.07, 6.45) is 4.56. The molecular formula is C8H12ClN. The first-order chi connectivity index (χ1) is 4.81. The van der Waals surface area contributed by atoms with Crippen LogP contribution in [0.3, 0.4) is 0 Å². The van der Waals surface area contributed by atoms with Crippen LogP contribution in [0.15, 0.2) is 24.5 Å². The highest BCUT2D eigenvalue weighted by Crippen LogP contribution is 2.01. The van der Waals surface area contributed by atoms with Gasteiger partial charge in [-0.15, -0.1) is 0 Å². The molecule has 1 aromatic heterocycles. The minimum atomic E-state index is 0.731. The van der Waals surface area contributed by atoms with Crippen LogP contribution < -0.4 is 0 Å². The van der Waals surface area contributed by atoms with Gasteiger partial charge in [-0.05, 0) is 12.1 Å². The molecular weight excluding hydrogens is 146 g/mol. The van der Waals surface area contributed by atoms with Crippen molar-refractivity contribution in [2.45, 2.75) is 20.3 Å². The maximum absolute atomic E-state index is 5.50. The van der Waals surface area contributed by atoms with Crippen molar-refractivity contribution in [3.8, 4) is 0 Å². The highest BCUT2D eigenvalue weighted by molar-refractivity contribution is 6.30. The van der Waals surface area contributed by atoms with Crippen LogP contribution in [0.25, 0.3) is 0 Å². The van der Waals surface area contributed by atoms with E-state index in [4.69, 9.17) is 11.6 Å². The van der Waals surface area contributed by atoms with E-state index in [-0.39, 0.29) is 0 Å². The maximum atomic E-state index is 5.50. The summed E-state index contributed by atoms with van der Waals surface area (Å²) in [4.78, 5) is 3.76. The normalized spacial score (nSPS) is 7.90. The molecule has 0 N–H and O–H groups in total. The fourth-order valence-electron chi connectivity index (χ4n) is 0.334. The minimum absolute atomic E-state index is 0.731. The van der Waals surface area contributed by atoms with Crippen LogP contribution in [0.4, 0.5) is 0 Å². The van der Waals surface area contributed by atoms with Crippen LogP contribution in [-0.2, 0) is 0 Å². The number of hydrogen-bond acceptors (Lipinski definition) is 1. The van der Waals surface area contributed by atoms with Crippen LogP contribution in [0.1, 0.15) is 20.3 Å². The third-order valence-corrected chi connectivity index (χ3v) is 0.892.